The first kappa shape index (κ1) is 35.0. The van der Waals surface area contributed by atoms with Gasteiger partial charge in [-0.25, -0.2) is 8.42 Å². The minimum atomic E-state index is -3.69. The van der Waals surface area contributed by atoms with Gasteiger partial charge in [-0.1, -0.05) is 93.6 Å². The van der Waals surface area contributed by atoms with Gasteiger partial charge >= 0.3 is 0 Å². The maximum Gasteiger partial charge on any atom is 0.235 e. The predicted octanol–water partition coefficient (Wildman–Crippen LogP) is 7.04. The number of hydrogen-bond donors (Lipinski definition) is 1. The number of carbonyl (C=O) groups excluding carboxylic acids is 1. The molecule has 1 fully saturated rings. The van der Waals surface area contributed by atoms with Crippen LogP contribution in [0, 0.1) is 0 Å². The largest absolute Gasteiger partial charge is 0.337 e. The molecule has 0 spiro atoms. The summed E-state index contributed by atoms with van der Waals surface area (Å²) in [6, 6.07) is 27.0. The van der Waals surface area contributed by atoms with Crippen LogP contribution in [0.25, 0.3) is 0 Å². The lowest BCUT2D eigenvalue weighted by molar-refractivity contribution is -0.133. The zero-order chi connectivity index (χ0) is 32.8. The van der Waals surface area contributed by atoms with Crippen LogP contribution in [-0.2, 0) is 19.0 Å². The first-order valence-electron chi connectivity index (χ1n) is 15.8. The van der Waals surface area contributed by atoms with Crippen LogP contribution in [0.4, 0.5) is 5.69 Å². The van der Waals surface area contributed by atoms with Gasteiger partial charge in [0, 0.05) is 24.0 Å². The fourth-order valence-electron chi connectivity index (χ4n) is 5.71. The van der Waals surface area contributed by atoms with E-state index in [9.17, 15) is 13.2 Å². The molecule has 0 aromatic heterocycles. The summed E-state index contributed by atoms with van der Waals surface area (Å²) in [4.78, 5) is 18.7. The topological polar surface area (TPSA) is 79.0 Å². The van der Waals surface area contributed by atoms with E-state index in [1.54, 1.807) is 6.07 Å². The summed E-state index contributed by atoms with van der Waals surface area (Å²) >= 11 is 0. The van der Waals surface area contributed by atoms with Crippen molar-refractivity contribution < 1.29 is 17.4 Å². The number of benzene rings is 3. The molecule has 1 unspecified atom stereocenters. The van der Waals surface area contributed by atoms with Crippen molar-refractivity contribution in [1.82, 2.24) is 9.80 Å². The smallest absolute Gasteiger partial charge is 0.235 e. The summed E-state index contributed by atoms with van der Waals surface area (Å²) in [5, 5.41) is 0. The van der Waals surface area contributed by atoms with Gasteiger partial charge < -0.3 is 14.0 Å². The second kappa shape index (κ2) is 14.7. The number of sulfonamides is 1. The lowest BCUT2D eigenvalue weighted by Gasteiger charge is -2.45. The predicted molar refractivity (Wildman–Crippen MR) is 190 cm³/mol. The lowest BCUT2D eigenvalue weighted by Crippen LogP contribution is -2.41. The highest BCUT2D eigenvalue weighted by atomic mass is 32.3. The Hall–Kier alpha value is -2.85. The average Bonchev–Trinajstić information content (AvgIpc) is 3.49. The van der Waals surface area contributed by atoms with Gasteiger partial charge in [0.2, 0.25) is 15.9 Å². The summed E-state index contributed by atoms with van der Waals surface area (Å²) in [6.07, 6.45) is 5.95. The molecule has 3 aromatic carbocycles. The molecule has 3 aromatic rings. The van der Waals surface area contributed by atoms with Crippen molar-refractivity contribution in [2.75, 3.05) is 49.7 Å². The van der Waals surface area contributed by atoms with Crippen molar-refractivity contribution >= 4 is 31.9 Å². The Kier molecular flexibility index (Phi) is 11.4. The fraction of sp³-hybridized carbons (Fsp3) is 0.472. The van der Waals surface area contributed by atoms with Crippen LogP contribution < -0.4 is 4.72 Å². The molecule has 1 saturated heterocycles. The minimum absolute atomic E-state index is 0.00230. The number of hydrogen-bond acceptors (Lipinski definition) is 5. The summed E-state index contributed by atoms with van der Waals surface area (Å²) < 4.78 is 35.6. The zero-order valence-corrected chi connectivity index (χ0v) is 29.5. The Bertz CT molecular complexity index is 1460. The van der Waals surface area contributed by atoms with Crippen molar-refractivity contribution in [2.45, 2.75) is 63.3 Å². The molecule has 7 nitrogen and oxygen atoms in total. The number of nitrogens with zero attached hydrogens (tertiary/aromatic N) is 2. The molecule has 0 saturated carbocycles. The maximum absolute atomic E-state index is 14.4. The first-order chi connectivity index (χ1) is 21.2. The number of amides is 1. The molecule has 0 aliphatic carbocycles. The van der Waals surface area contributed by atoms with Crippen molar-refractivity contribution in [1.29, 1.82) is 0 Å². The van der Waals surface area contributed by atoms with Crippen molar-refractivity contribution in [3.05, 3.63) is 102 Å². The van der Waals surface area contributed by atoms with E-state index in [0.717, 1.165) is 42.6 Å². The van der Waals surface area contributed by atoms with Crippen LogP contribution in [0.15, 0.2) is 84.9 Å². The highest BCUT2D eigenvalue weighted by Gasteiger charge is 2.33. The monoisotopic (exact) mass is 653 g/mol. The molecule has 0 radical (unpaired) electrons. The SMILES string of the molecule is CC(CS(=O)(=O)Nc1cccc([C@@H](CN2CCCC2)N(C)C(=O)C(c2ccccc2)c2ccccc2)c1)OS(C)(C)C(C)(C)C. The van der Waals surface area contributed by atoms with Crippen molar-refractivity contribution in [3.8, 4) is 0 Å². The van der Waals surface area contributed by atoms with Crippen LogP contribution in [0.5, 0.6) is 0 Å². The van der Waals surface area contributed by atoms with E-state index < -0.39 is 32.4 Å². The molecule has 1 N–H and O–H groups in total. The van der Waals surface area contributed by atoms with Crippen LogP contribution in [0.3, 0.4) is 0 Å². The summed E-state index contributed by atoms with van der Waals surface area (Å²) in [5.74, 6) is -0.603. The second-order valence-corrected chi connectivity index (χ2v) is 19.1. The minimum Gasteiger partial charge on any atom is -0.337 e. The molecule has 4 rings (SSSR count). The summed E-state index contributed by atoms with van der Waals surface area (Å²) in [7, 11) is -3.29. The lowest BCUT2D eigenvalue weighted by atomic mass is 9.89. The van der Waals surface area contributed by atoms with Gasteiger partial charge in [-0.05, 0) is 74.2 Å². The molecular weight excluding hydrogens is 603 g/mol. The number of likely N-dealkylation sites (tertiary alicyclic amines) is 1. The Morgan fingerprint density at radius 3 is 1.96 bits per heavy atom. The van der Waals surface area contributed by atoms with Crippen LogP contribution in [0.2, 0.25) is 0 Å². The van der Waals surface area contributed by atoms with E-state index in [2.05, 4.69) is 42.9 Å². The maximum atomic E-state index is 14.4. The normalized spacial score (nSPS) is 16.4. The molecular formula is C36H51N3O4S2. The second-order valence-electron chi connectivity index (χ2n) is 13.5. The summed E-state index contributed by atoms with van der Waals surface area (Å²) in [6.45, 7) is 10.8. The number of carbonyl (C=O) groups is 1. The van der Waals surface area contributed by atoms with E-state index in [4.69, 9.17) is 4.18 Å². The van der Waals surface area contributed by atoms with Crippen LogP contribution in [-0.4, -0.2) is 79.9 Å². The third kappa shape index (κ3) is 9.35. The van der Waals surface area contributed by atoms with E-state index in [1.165, 1.54) is 0 Å². The Balaban J connectivity index is 1.60. The number of nitrogens with one attached hydrogen (secondary N) is 1. The van der Waals surface area contributed by atoms with Gasteiger partial charge in [-0.2, -0.15) is 0 Å². The van der Waals surface area contributed by atoms with Gasteiger partial charge in [-0.15, -0.1) is 10.3 Å². The van der Waals surface area contributed by atoms with Gasteiger partial charge in [0.15, 0.2) is 0 Å². The fourth-order valence-corrected chi connectivity index (χ4v) is 8.23. The van der Waals surface area contributed by atoms with Gasteiger partial charge in [0.25, 0.3) is 0 Å². The molecule has 1 amide bonds. The molecule has 2 atom stereocenters. The molecule has 1 aliphatic rings. The quantitative estimate of drug-likeness (QED) is 0.214. The van der Waals surface area contributed by atoms with Gasteiger partial charge in [0.1, 0.15) is 0 Å². The Morgan fingerprint density at radius 1 is 0.889 bits per heavy atom. The van der Waals surface area contributed by atoms with E-state index >= 15 is 0 Å². The standard InChI is InChI=1S/C36H51N3O4S2/c1-28(43-44(6,7)36(2,3)4)27-45(41,42)37-32-22-16-21-31(25-32)33(26-39-23-14-15-24-39)38(5)35(40)34(29-17-10-8-11-18-29)30-19-12-9-13-20-30/h8-13,16-22,25,28,33-34,37H,14-15,23-24,26-27H2,1-7H3/t28?,33-/m1/s1. The van der Waals surface area contributed by atoms with E-state index in [1.807, 2.05) is 97.7 Å². The van der Waals surface area contributed by atoms with Gasteiger partial charge in [0.05, 0.1) is 23.8 Å². The molecule has 1 aliphatic heterocycles. The van der Waals surface area contributed by atoms with Crippen molar-refractivity contribution in [3.63, 3.8) is 0 Å². The highest BCUT2D eigenvalue weighted by molar-refractivity contribution is 8.29. The first-order valence-corrected chi connectivity index (χ1v) is 19.8. The molecule has 0 bridgehead atoms. The zero-order valence-electron chi connectivity index (χ0n) is 27.9. The van der Waals surface area contributed by atoms with Crippen molar-refractivity contribution in [2.24, 2.45) is 0 Å². The van der Waals surface area contributed by atoms with Crippen LogP contribution in [0.1, 0.15) is 69.2 Å². The molecule has 246 valence electrons. The Morgan fingerprint density at radius 2 is 1.42 bits per heavy atom. The average molecular weight is 654 g/mol. The number of likely N-dealkylation sites (N-methyl/N-ethyl adjacent to an activating group) is 1. The van der Waals surface area contributed by atoms with Gasteiger partial charge in [-0.3, -0.25) is 9.52 Å². The molecule has 1 heterocycles. The third-order valence-corrected chi connectivity index (χ3v) is 14.1. The number of anilines is 1. The van der Waals surface area contributed by atoms with E-state index in [-0.39, 0.29) is 22.4 Å². The molecule has 45 heavy (non-hydrogen) atoms. The highest BCUT2D eigenvalue weighted by Crippen LogP contribution is 2.54. The van der Waals surface area contributed by atoms with E-state index in [0.29, 0.717) is 12.2 Å². The third-order valence-electron chi connectivity index (χ3n) is 8.84. The Labute approximate surface area is 272 Å². The summed E-state index contributed by atoms with van der Waals surface area (Å²) in [5.41, 5.74) is 3.25. The van der Waals surface area contributed by atoms with Crippen LogP contribution >= 0.6 is 10.3 Å². The number of rotatable bonds is 13. The molecule has 9 heteroatoms.